The Balaban J connectivity index is 3.22. The lowest BCUT2D eigenvalue weighted by atomic mass is 10.4. The van der Waals surface area contributed by atoms with E-state index >= 15 is 0 Å². The average molecular weight is 267 g/mol. The van der Waals surface area contributed by atoms with E-state index in [-0.39, 0.29) is 22.6 Å². The number of sulfonamides is 1. The van der Waals surface area contributed by atoms with Crippen LogP contribution in [0.15, 0.2) is 11.2 Å². The molecule has 0 saturated carbocycles. The number of rotatable bonds is 4. The second-order valence-electron chi connectivity index (χ2n) is 3.53. The standard InChI is InChI=1S/C8H15ClN4O2S/c1-6(4-10)13(3)16(14,15)8-7(9)5-11-12(8)2/h5-6H,4,10H2,1-3H3. The van der Waals surface area contributed by atoms with E-state index in [1.54, 1.807) is 6.92 Å². The molecule has 0 amide bonds. The minimum atomic E-state index is -3.65. The zero-order chi connectivity index (χ0) is 12.5. The molecule has 8 heteroatoms. The lowest BCUT2D eigenvalue weighted by Gasteiger charge is -2.22. The third-order valence-corrected chi connectivity index (χ3v) is 4.91. The van der Waals surface area contributed by atoms with Gasteiger partial charge in [0.1, 0.15) is 0 Å². The van der Waals surface area contributed by atoms with Crippen molar-refractivity contribution in [1.29, 1.82) is 0 Å². The predicted molar refractivity (Wildman–Crippen MR) is 61.7 cm³/mol. The van der Waals surface area contributed by atoms with E-state index in [9.17, 15) is 8.42 Å². The molecular weight excluding hydrogens is 252 g/mol. The Labute approximate surface area is 100 Å². The van der Waals surface area contributed by atoms with E-state index < -0.39 is 10.0 Å². The maximum Gasteiger partial charge on any atom is 0.261 e. The Kier molecular flexibility index (Phi) is 3.95. The van der Waals surface area contributed by atoms with Crippen LogP contribution in [-0.4, -0.2) is 42.1 Å². The number of aryl methyl sites for hydroxylation is 1. The largest absolute Gasteiger partial charge is 0.329 e. The molecule has 0 aliphatic rings. The molecule has 0 aliphatic heterocycles. The maximum atomic E-state index is 12.2. The van der Waals surface area contributed by atoms with Crippen molar-refractivity contribution in [2.45, 2.75) is 18.0 Å². The molecule has 1 aromatic heterocycles. The summed E-state index contributed by atoms with van der Waals surface area (Å²) in [7, 11) is -0.651. The molecule has 0 radical (unpaired) electrons. The zero-order valence-corrected chi connectivity index (χ0v) is 11.0. The first-order valence-corrected chi connectivity index (χ1v) is 6.49. The number of nitrogens with two attached hydrogens (primary N) is 1. The van der Waals surface area contributed by atoms with Gasteiger partial charge in [-0.2, -0.15) is 9.40 Å². The molecule has 1 heterocycles. The summed E-state index contributed by atoms with van der Waals surface area (Å²) in [5, 5.41) is 3.89. The van der Waals surface area contributed by atoms with Crippen LogP contribution in [-0.2, 0) is 17.1 Å². The highest BCUT2D eigenvalue weighted by Gasteiger charge is 2.29. The SMILES string of the molecule is CC(CN)N(C)S(=O)(=O)c1c(Cl)cnn1C. The Bertz CT molecular complexity index is 451. The number of hydrogen-bond acceptors (Lipinski definition) is 4. The number of hydrogen-bond donors (Lipinski definition) is 1. The molecule has 16 heavy (non-hydrogen) atoms. The molecule has 92 valence electrons. The third kappa shape index (κ3) is 2.22. The molecule has 2 N–H and O–H groups in total. The smallest absolute Gasteiger partial charge is 0.261 e. The summed E-state index contributed by atoms with van der Waals surface area (Å²) in [6.07, 6.45) is 1.30. The zero-order valence-electron chi connectivity index (χ0n) is 9.38. The topological polar surface area (TPSA) is 81.2 Å². The molecule has 1 aromatic rings. The van der Waals surface area contributed by atoms with E-state index in [2.05, 4.69) is 5.10 Å². The number of aromatic nitrogens is 2. The monoisotopic (exact) mass is 266 g/mol. The normalized spacial score (nSPS) is 14.4. The fraction of sp³-hybridized carbons (Fsp3) is 0.625. The van der Waals surface area contributed by atoms with Crippen LogP contribution in [0.3, 0.4) is 0 Å². The summed E-state index contributed by atoms with van der Waals surface area (Å²) < 4.78 is 26.7. The summed E-state index contributed by atoms with van der Waals surface area (Å²) >= 11 is 5.80. The van der Waals surface area contributed by atoms with Gasteiger partial charge in [0.05, 0.1) is 11.2 Å². The molecule has 0 aromatic carbocycles. The second kappa shape index (κ2) is 4.70. The van der Waals surface area contributed by atoms with Gasteiger partial charge in [0.15, 0.2) is 5.03 Å². The van der Waals surface area contributed by atoms with Crippen LogP contribution in [0, 0.1) is 0 Å². The molecule has 1 rings (SSSR count). The van der Waals surface area contributed by atoms with Crippen molar-refractivity contribution in [3.63, 3.8) is 0 Å². The maximum absolute atomic E-state index is 12.2. The van der Waals surface area contributed by atoms with Gasteiger partial charge in [0.2, 0.25) is 0 Å². The lowest BCUT2D eigenvalue weighted by molar-refractivity contribution is 0.390. The first-order valence-electron chi connectivity index (χ1n) is 4.68. The Morgan fingerprint density at radius 3 is 2.62 bits per heavy atom. The number of likely N-dealkylation sites (N-methyl/N-ethyl adjacent to an activating group) is 1. The highest BCUT2D eigenvalue weighted by atomic mass is 35.5. The minimum Gasteiger partial charge on any atom is -0.329 e. The van der Waals surface area contributed by atoms with Crippen molar-refractivity contribution in [3.05, 3.63) is 11.2 Å². The van der Waals surface area contributed by atoms with E-state index in [0.717, 1.165) is 0 Å². The second-order valence-corrected chi connectivity index (χ2v) is 5.85. The van der Waals surface area contributed by atoms with E-state index in [1.165, 1.54) is 29.3 Å². The van der Waals surface area contributed by atoms with Crippen LogP contribution < -0.4 is 5.73 Å². The fourth-order valence-corrected chi connectivity index (χ4v) is 3.18. The lowest BCUT2D eigenvalue weighted by Crippen LogP contribution is -2.40. The van der Waals surface area contributed by atoms with Crippen LogP contribution >= 0.6 is 11.6 Å². The highest BCUT2D eigenvalue weighted by Crippen LogP contribution is 2.23. The predicted octanol–water partition coefficient (Wildman–Crippen LogP) is 0.0412. The van der Waals surface area contributed by atoms with E-state index in [0.29, 0.717) is 0 Å². The molecule has 1 unspecified atom stereocenters. The van der Waals surface area contributed by atoms with Crippen LogP contribution in [0.1, 0.15) is 6.92 Å². The summed E-state index contributed by atoms with van der Waals surface area (Å²) in [5.74, 6) is 0. The molecule has 0 fully saturated rings. The van der Waals surface area contributed by atoms with Crippen molar-refractivity contribution >= 4 is 21.6 Å². The Morgan fingerprint density at radius 2 is 2.25 bits per heavy atom. The van der Waals surface area contributed by atoms with Gasteiger partial charge in [-0.25, -0.2) is 8.42 Å². The van der Waals surface area contributed by atoms with Crippen molar-refractivity contribution in [1.82, 2.24) is 14.1 Å². The van der Waals surface area contributed by atoms with Crippen molar-refractivity contribution in [2.75, 3.05) is 13.6 Å². The van der Waals surface area contributed by atoms with Gasteiger partial charge < -0.3 is 5.73 Å². The van der Waals surface area contributed by atoms with Gasteiger partial charge in [-0.1, -0.05) is 11.6 Å². The van der Waals surface area contributed by atoms with Crippen molar-refractivity contribution in [3.8, 4) is 0 Å². The third-order valence-electron chi connectivity index (χ3n) is 2.43. The van der Waals surface area contributed by atoms with E-state index in [4.69, 9.17) is 17.3 Å². The van der Waals surface area contributed by atoms with Gasteiger partial charge in [-0.3, -0.25) is 4.68 Å². The first kappa shape index (κ1) is 13.4. The minimum absolute atomic E-state index is 0.0167. The average Bonchev–Trinajstić information content (AvgIpc) is 2.56. The number of halogens is 1. The fourth-order valence-electron chi connectivity index (χ4n) is 1.21. The molecule has 0 bridgehead atoms. The quantitative estimate of drug-likeness (QED) is 0.834. The summed E-state index contributed by atoms with van der Waals surface area (Å²) in [5.41, 5.74) is 5.44. The van der Waals surface area contributed by atoms with Crippen molar-refractivity contribution < 1.29 is 8.42 Å². The molecule has 0 aliphatic carbocycles. The molecule has 0 spiro atoms. The molecule has 1 atom stereocenters. The van der Waals surface area contributed by atoms with Crippen LogP contribution in [0.4, 0.5) is 0 Å². The molecule has 0 saturated heterocycles. The molecular formula is C8H15ClN4O2S. The van der Waals surface area contributed by atoms with Crippen molar-refractivity contribution in [2.24, 2.45) is 12.8 Å². The van der Waals surface area contributed by atoms with Crippen LogP contribution in [0.25, 0.3) is 0 Å². The summed E-state index contributed by atoms with van der Waals surface area (Å²) in [4.78, 5) is 0. The highest BCUT2D eigenvalue weighted by molar-refractivity contribution is 7.89. The van der Waals surface area contributed by atoms with E-state index in [1.807, 2.05) is 0 Å². The van der Waals surface area contributed by atoms with Crippen LogP contribution in [0.5, 0.6) is 0 Å². The summed E-state index contributed by atoms with van der Waals surface area (Å²) in [6, 6.07) is -0.295. The Hall–Kier alpha value is -0.630. The van der Waals surface area contributed by atoms with Gasteiger partial charge >= 0.3 is 0 Å². The van der Waals surface area contributed by atoms with Gasteiger partial charge in [0, 0.05) is 26.7 Å². The van der Waals surface area contributed by atoms with Gasteiger partial charge in [-0.15, -0.1) is 0 Å². The Morgan fingerprint density at radius 1 is 1.69 bits per heavy atom. The number of nitrogens with zero attached hydrogens (tertiary/aromatic N) is 3. The first-order chi connectivity index (χ1) is 7.32. The van der Waals surface area contributed by atoms with Crippen LogP contribution in [0.2, 0.25) is 5.02 Å². The molecule has 6 nitrogen and oxygen atoms in total. The summed E-state index contributed by atoms with van der Waals surface area (Å²) in [6.45, 7) is 1.97. The van der Waals surface area contributed by atoms with Gasteiger partial charge in [-0.05, 0) is 6.92 Å². The van der Waals surface area contributed by atoms with Gasteiger partial charge in [0.25, 0.3) is 10.0 Å².